The SMILES string of the molecule is NCCOCC(=O)c1cc(Cl)ccc1Cl. The third-order valence-corrected chi connectivity index (χ3v) is 2.29. The van der Waals surface area contributed by atoms with Gasteiger partial charge in [-0.25, -0.2) is 0 Å². The largest absolute Gasteiger partial charge is 0.372 e. The van der Waals surface area contributed by atoms with Gasteiger partial charge in [-0.3, -0.25) is 4.79 Å². The van der Waals surface area contributed by atoms with Crippen molar-refractivity contribution in [2.45, 2.75) is 0 Å². The van der Waals surface area contributed by atoms with Crippen LogP contribution in [0.3, 0.4) is 0 Å². The van der Waals surface area contributed by atoms with Crippen LogP contribution in [0, 0.1) is 0 Å². The third-order valence-electron chi connectivity index (χ3n) is 1.72. The van der Waals surface area contributed by atoms with Gasteiger partial charge in [-0.15, -0.1) is 0 Å². The van der Waals surface area contributed by atoms with Crippen LogP contribution >= 0.6 is 23.2 Å². The standard InChI is InChI=1S/C10H11Cl2NO2/c11-7-1-2-9(12)8(5-7)10(14)6-15-4-3-13/h1-2,5H,3-4,6,13H2. The first-order chi connectivity index (χ1) is 7.15. The molecule has 5 heteroatoms. The second-order valence-electron chi connectivity index (χ2n) is 2.89. The number of ketones is 1. The van der Waals surface area contributed by atoms with E-state index in [0.29, 0.717) is 28.8 Å². The molecule has 0 saturated carbocycles. The van der Waals surface area contributed by atoms with Crippen LogP contribution in [-0.4, -0.2) is 25.5 Å². The smallest absolute Gasteiger partial charge is 0.190 e. The Morgan fingerprint density at radius 2 is 2.13 bits per heavy atom. The van der Waals surface area contributed by atoms with Gasteiger partial charge in [0.05, 0.1) is 11.6 Å². The number of halogens is 2. The van der Waals surface area contributed by atoms with E-state index in [9.17, 15) is 4.79 Å². The summed E-state index contributed by atoms with van der Waals surface area (Å²) in [6, 6.07) is 4.74. The topological polar surface area (TPSA) is 52.3 Å². The molecule has 0 spiro atoms. The molecule has 0 bridgehead atoms. The Kier molecular flexibility index (Phi) is 5.05. The average Bonchev–Trinajstić information content (AvgIpc) is 2.22. The van der Waals surface area contributed by atoms with Crippen molar-refractivity contribution in [2.24, 2.45) is 5.73 Å². The van der Waals surface area contributed by atoms with E-state index in [4.69, 9.17) is 33.7 Å². The Bertz CT molecular complexity index is 355. The fourth-order valence-electron chi connectivity index (χ4n) is 1.04. The minimum absolute atomic E-state index is 0.0305. The summed E-state index contributed by atoms with van der Waals surface area (Å²) in [5.74, 6) is -0.198. The maximum Gasteiger partial charge on any atom is 0.190 e. The summed E-state index contributed by atoms with van der Waals surface area (Å²) >= 11 is 11.6. The molecule has 0 aromatic heterocycles. The zero-order chi connectivity index (χ0) is 11.3. The first-order valence-corrected chi connectivity index (χ1v) is 5.17. The number of benzene rings is 1. The van der Waals surface area contributed by atoms with Gasteiger partial charge >= 0.3 is 0 Å². The van der Waals surface area contributed by atoms with Crippen LogP contribution in [0.25, 0.3) is 0 Å². The molecular weight excluding hydrogens is 237 g/mol. The predicted octanol–water partition coefficient (Wildman–Crippen LogP) is 2.15. The van der Waals surface area contributed by atoms with E-state index in [1.807, 2.05) is 0 Å². The van der Waals surface area contributed by atoms with Crippen LogP contribution in [0.1, 0.15) is 10.4 Å². The molecule has 0 heterocycles. The van der Waals surface area contributed by atoms with Crippen molar-refractivity contribution in [3.63, 3.8) is 0 Å². The molecule has 0 amide bonds. The summed E-state index contributed by atoms with van der Waals surface area (Å²) in [6.07, 6.45) is 0. The van der Waals surface area contributed by atoms with E-state index in [-0.39, 0.29) is 12.4 Å². The summed E-state index contributed by atoms with van der Waals surface area (Å²) in [4.78, 5) is 11.6. The monoisotopic (exact) mass is 247 g/mol. The zero-order valence-electron chi connectivity index (χ0n) is 8.00. The van der Waals surface area contributed by atoms with Crippen molar-refractivity contribution in [2.75, 3.05) is 19.8 Å². The van der Waals surface area contributed by atoms with Crippen LogP contribution in [0.5, 0.6) is 0 Å². The highest BCUT2D eigenvalue weighted by Gasteiger charge is 2.10. The summed E-state index contributed by atoms with van der Waals surface area (Å²) < 4.78 is 5.02. The van der Waals surface area contributed by atoms with E-state index >= 15 is 0 Å². The lowest BCUT2D eigenvalue weighted by atomic mass is 10.1. The number of hydrogen-bond acceptors (Lipinski definition) is 3. The van der Waals surface area contributed by atoms with Gasteiger partial charge in [0.1, 0.15) is 6.61 Å². The second kappa shape index (κ2) is 6.08. The van der Waals surface area contributed by atoms with E-state index in [0.717, 1.165) is 0 Å². The normalized spacial score (nSPS) is 10.3. The lowest BCUT2D eigenvalue weighted by molar-refractivity contribution is 0.0774. The third kappa shape index (κ3) is 3.80. The Hall–Kier alpha value is -0.610. The fraction of sp³-hybridized carbons (Fsp3) is 0.300. The maximum absolute atomic E-state index is 11.6. The number of Topliss-reactive ketones (excluding diaryl/α,β-unsaturated/α-hetero) is 1. The van der Waals surface area contributed by atoms with Crippen LogP contribution < -0.4 is 5.73 Å². The summed E-state index contributed by atoms with van der Waals surface area (Å²) in [6.45, 7) is 0.706. The highest BCUT2D eigenvalue weighted by molar-refractivity contribution is 6.35. The molecule has 0 aliphatic rings. The van der Waals surface area contributed by atoms with Gasteiger partial charge in [0, 0.05) is 17.1 Å². The van der Waals surface area contributed by atoms with Crippen LogP contribution in [0.2, 0.25) is 10.0 Å². The van der Waals surface area contributed by atoms with Crippen molar-refractivity contribution >= 4 is 29.0 Å². The number of nitrogens with two attached hydrogens (primary N) is 1. The lowest BCUT2D eigenvalue weighted by Gasteiger charge is -2.04. The average molecular weight is 248 g/mol. The molecule has 0 aliphatic carbocycles. The van der Waals surface area contributed by atoms with Crippen molar-refractivity contribution in [1.82, 2.24) is 0 Å². The number of rotatable bonds is 5. The number of ether oxygens (including phenoxy) is 1. The van der Waals surface area contributed by atoms with E-state index in [1.54, 1.807) is 12.1 Å². The minimum Gasteiger partial charge on any atom is -0.372 e. The van der Waals surface area contributed by atoms with E-state index in [1.165, 1.54) is 6.07 Å². The van der Waals surface area contributed by atoms with Crippen molar-refractivity contribution < 1.29 is 9.53 Å². The molecule has 0 aliphatic heterocycles. The van der Waals surface area contributed by atoms with Gasteiger partial charge in [-0.2, -0.15) is 0 Å². The molecule has 1 rings (SSSR count). The van der Waals surface area contributed by atoms with Gasteiger partial charge in [0.2, 0.25) is 0 Å². The Labute approximate surface area is 98.1 Å². The summed E-state index contributed by atoms with van der Waals surface area (Å²) in [5.41, 5.74) is 5.60. The van der Waals surface area contributed by atoms with Gasteiger partial charge in [-0.05, 0) is 18.2 Å². The van der Waals surface area contributed by atoms with Gasteiger partial charge in [0.15, 0.2) is 5.78 Å². The zero-order valence-corrected chi connectivity index (χ0v) is 9.52. The highest BCUT2D eigenvalue weighted by atomic mass is 35.5. The quantitative estimate of drug-likeness (QED) is 0.641. The molecule has 0 saturated heterocycles. The van der Waals surface area contributed by atoms with Gasteiger partial charge < -0.3 is 10.5 Å². The van der Waals surface area contributed by atoms with E-state index in [2.05, 4.69) is 0 Å². The van der Waals surface area contributed by atoms with Crippen molar-refractivity contribution in [3.8, 4) is 0 Å². The summed E-state index contributed by atoms with van der Waals surface area (Å²) in [5, 5.41) is 0.849. The number of hydrogen-bond donors (Lipinski definition) is 1. The predicted molar refractivity (Wildman–Crippen MR) is 60.7 cm³/mol. The van der Waals surface area contributed by atoms with Crippen molar-refractivity contribution in [1.29, 1.82) is 0 Å². The molecule has 2 N–H and O–H groups in total. The molecular formula is C10H11Cl2NO2. The number of carbonyl (C=O) groups excluding carboxylic acids is 1. The minimum atomic E-state index is -0.198. The number of carbonyl (C=O) groups is 1. The van der Waals surface area contributed by atoms with Gasteiger partial charge in [0.25, 0.3) is 0 Å². The molecule has 0 fully saturated rings. The molecule has 82 valence electrons. The summed E-state index contributed by atoms with van der Waals surface area (Å²) in [7, 11) is 0. The second-order valence-corrected chi connectivity index (χ2v) is 3.73. The van der Waals surface area contributed by atoms with Crippen LogP contribution in [0.4, 0.5) is 0 Å². The van der Waals surface area contributed by atoms with Crippen LogP contribution in [0.15, 0.2) is 18.2 Å². The Morgan fingerprint density at radius 1 is 1.40 bits per heavy atom. The first kappa shape index (κ1) is 12.5. The fourth-order valence-corrected chi connectivity index (χ4v) is 1.43. The first-order valence-electron chi connectivity index (χ1n) is 4.41. The van der Waals surface area contributed by atoms with Gasteiger partial charge in [-0.1, -0.05) is 23.2 Å². The molecule has 3 nitrogen and oxygen atoms in total. The molecule has 0 unspecified atom stereocenters. The maximum atomic E-state index is 11.6. The molecule has 15 heavy (non-hydrogen) atoms. The molecule has 0 atom stereocenters. The highest BCUT2D eigenvalue weighted by Crippen LogP contribution is 2.20. The molecule has 0 radical (unpaired) electrons. The Balaban J connectivity index is 2.68. The Morgan fingerprint density at radius 3 is 2.80 bits per heavy atom. The molecule has 1 aromatic carbocycles. The van der Waals surface area contributed by atoms with E-state index < -0.39 is 0 Å². The van der Waals surface area contributed by atoms with Crippen molar-refractivity contribution in [3.05, 3.63) is 33.8 Å². The van der Waals surface area contributed by atoms with Crippen LogP contribution in [-0.2, 0) is 4.74 Å². The molecule has 1 aromatic rings. The lowest BCUT2D eigenvalue weighted by Crippen LogP contribution is -2.15.